The molecule has 0 unspecified atom stereocenters. The summed E-state index contributed by atoms with van der Waals surface area (Å²) in [6.45, 7) is 11.6. The molecule has 0 radical (unpaired) electrons. The van der Waals surface area contributed by atoms with Gasteiger partial charge in [0.05, 0.1) is 0 Å². The SMILES string of the molecule is CCCCCCCCCCO[Si](C)(C)Oc1cc(C)ccc1C. The normalized spacial score (nSPS) is 11.7. The number of hydrogen-bond acceptors (Lipinski definition) is 2. The summed E-state index contributed by atoms with van der Waals surface area (Å²) in [5.41, 5.74) is 2.42. The second-order valence-electron chi connectivity index (χ2n) is 7.09. The Morgan fingerprint density at radius 1 is 0.870 bits per heavy atom. The Bertz CT molecular complexity index is 443. The molecule has 0 N–H and O–H groups in total. The Morgan fingerprint density at radius 2 is 1.48 bits per heavy atom. The van der Waals surface area contributed by atoms with Gasteiger partial charge in [0.15, 0.2) is 0 Å². The van der Waals surface area contributed by atoms with Crippen LogP contribution in [0.15, 0.2) is 18.2 Å². The molecule has 0 bridgehead atoms. The van der Waals surface area contributed by atoms with E-state index in [0.717, 1.165) is 18.8 Å². The second-order valence-corrected chi connectivity index (χ2v) is 10.4. The summed E-state index contributed by atoms with van der Waals surface area (Å²) < 4.78 is 12.3. The van der Waals surface area contributed by atoms with Crippen LogP contribution in [0.3, 0.4) is 0 Å². The number of benzene rings is 1. The molecular formula is C20H36O2Si. The Balaban J connectivity index is 2.19. The fourth-order valence-electron chi connectivity index (χ4n) is 2.67. The van der Waals surface area contributed by atoms with Crippen molar-refractivity contribution >= 4 is 8.56 Å². The van der Waals surface area contributed by atoms with Gasteiger partial charge in [0.25, 0.3) is 0 Å². The van der Waals surface area contributed by atoms with Crippen molar-refractivity contribution in [1.82, 2.24) is 0 Å². The molecule has 2 nitrogen and oxygen atoms in total. The highest BCUT2D eigenvalue weighted by Gasteiger charge is 2.27. The van der Waals surface area contributed by atoms with E-state index >= 15 is 0 Å². The van der Waals surface area contributed by atoms with Gasteiger partial charge in [-0.3, -0.25) is 0 Å². The van der Waals surface area contributed by atoms with Crippen molar-refractivity contribution in [3.05, 3.63) is 29.3 Å². The van der Waals surface area contributed by atoms with Gasteiger partial charge in [-0.25, -0.2) is 0 Å². The molecule has 0 spiro atoms. The van der Waals surface area contributed by atoms with Gasteiger partial charge in [-0.15, -0.1) is 0 Å². The minimum Gasteiger partial charge on any atom is -0.520 e. The quantitative estimate of drug-likeness (QED) is 0.318. The van der Waals surface area contributed by atoms with Crippen LogP contribution in [-0.4, -0.2) is 15.2 Å². The van der Waals surface area contributed by atoms with Crippen LogP contribution >= 0.6 is 0 Å². The highest BCUT2D eigenvalue weighted by molar-refractivity contribution is 6.65. The third kappa shape index (κ3) is 9.16. The van der Waals surface area contributed by atoms with E-state index < -0.39 is 8.56 Å². The number of rotatable bonds is 12. The molecule has 23 heavy (non-hydrogen) atoms. The van der Waals surface area contributed by atoms with Crippen molar-refractivity contribution in [3.63, 3.8) is 0 Å². The zero-order valence-corrected chi connectivity index (χ0v) is 16.9. The standard InChI is InChI=1S/C20H36O2Si/c1-6-7-8-9-10-11-12-13-16-21-23(4,5)22-20-17-18(2)14-15-19(20)3/h14-15,17H,6-13,16H2,1-5H3. The van der Waals surface area contributed by atoms with Crippen LogP contribution in [0, 0.1) is 13.8 Å². The molecule has 0 fully saturated rings. The minimum absolute atomic E-state index is 0.832. The first kappa shape index (κ1) is 20.2. The van der Waals surface area contributed by atoms with Gasteiger partial charge in [0.2, 0.25) is 0 Å². The van der Waals surface area contributed by atoms with E-state index in [0.29, 0.717) is 0 Å². The third-order valence-electron chi connectivity index (χ3n) is 4.15. The number of hydrogen-bond donors (Lipinski definition) is 0. The predicted molar refractivity (Wildman–Crippen MR) is 103 cm³/mol. The maximum absolute atomic E-state index is 6.20. The lowest BCUT2D eigenvalue weighted by atomic mass is 10.1. The molecule has 1 aromatic rings. The fraction of sp³-hybridized carbons (Fsp3) is 0.700. The number of aryl methyl sites for hydroxylation is 2. The molecule has 3 heteroatoms. The molecule has 0 saturated heterocycles. The summed E-state index contributed by atoms with van der Waals surface area (Å²) in [7, 11) is -2.08. The molecule has 0 aliphatic heterocycles. The van der Waals surface area contributed by atoms with Gasteiger partial charge in [0.1, 0.15) is 5.75 Å². The minimum atomic E-state index is -2.08. The van der Waals surface area contributed by atoms with Crippen molar-refractivity contribution < 1.29 is 8.85 Å². The predicted octanol–water partition coefficient (Wildman–Crippen LogP) is 6.54. The van der Waals surface area contributed by atoms with E-state index in [-0.39, 0.29) is 0 Å². The summed E-state index contributed by atoms with van der Waals surface area (Å²) in [6, 6.07) is 6.36. The molecule has 1 rings (SSSR count). The Morgan fingerprint density at radius 3 is 2.13 bits per heavy atom. The Kier molecular flexibility index (Phi) is 9.57. The lowest BCUT2D eigenvalue weighted by Gasteiger charge is -2.25. The first-order valence-corrected chi connectivity index (χ1v) is 12.2. The van der Waals surface area contributed by atoms with E-state index in [4.69, 9.17) is 8.85 Å². The van der Waals surface area contributed by atoms with Crippen LogP contribution < -0.4 is 4.43 Å². The average molecular weight is 337 g/mol. The van der Waals surface area contributed by atoms with E-state index in [2.05, 4.69) is 52.1 Å². The van der Waals surface area contributed by atoms with Gasteiger partial charge in [-0.05, 0) is 50.6 Å². The zero-order chi connectivity index (χ0) is 17.1. The third-order valence-corrected chi connectivity index (χ3v) is 5.76. The van der Waals surface area contributed by atoms with Crippen LogP contribution in [-0.2, 0) is 4.43 Å². The van der Waals surface area contributed by atoms with Crippen molar-refractivity contribution in [2.45, 2.75) is 85.2 Å². The highest BCUT2D eigenvalue weighted by Crippen LogP contribution is 2.23. The summed E-state index contributed by atoms with van der Waals surface area (Å²) in [6.07, 6.45) is 10.7. The maximum Gasteiger partial charge on any atom is 0.392 e. The second kappa shape index (κ2) is 10.9. The maximum atomic E-state index is 6.20. The van der Waals surface area contributed by atoms with Gasteiger partial charge in [0, 0.05) is 6.61 Å². The highest BCUT2D eigenvalue weighted by atomic mass is 28.4. The molecular weight excluding hydrogens is 300 g/mol. The monoisotopic (exact) mass is 336 g/mol. The molecule has 0 aromatic heterocycles. The van der Waals surface area contributed by atoms with Crippen molar-refractivity contribution in [3.8, 4) is 5.75 Å². The first-order chi connectivity index (χ1) is 10.9. The van der Waals surface area contributed by atoms with Crippen molar-refractivity contribution in [1.29, 1.82) is 0 Å². The molecule has 1 aromatic carbocycles. The topological polar surface area (TPSA) is 18.5 Å². The Hall–Kier alpha value is -0.803. The lowest BCUT2D eigenvalue weighted by molar-refractivity contribution is 0.240. The average Bonchev–Trinajstić information content (AvgIpc) is 2.49. The van der Waals surface area contributed by atoms with Crippen LogP contribution in [0.25, 0.3) is 0 Å². The molecule has 132 valence electrons. The lowest BCUT2D eigenvalue weighted by Crippen LogP contribution is -2.38. The van der Waals surface area contributed by atoms with Crippen molar-refractivity contribution in [2.24, 2.45) is 0 Å². The van der Waals surface area contributed by atoms with E-state index in [1.54, 1.807) is 0 Å². The van der Waals surface area contributed by atoms with Gasteiger partial charge < -0.3 is 8.85 Å². The van der Waals surface area contributed by atoms with Gasteiger partial charge >= 0.3 is 8.56 Å². The summed E-state index contributed by atoms with van der Waals surface area (Å²) in [5, 5.41) is 0. The summed E-state index contributed by atoms with van der Waals surface area (Å²) in [4.78, 5) is 0. The van der Waals surface area contributed by atoms with Crippen LogP contribution in [0.5, 0.6) is 5.75 Å². The molecule has 0 aliphatic rings. The van der Waals surface area contributed by atoms with Crippen LogP contribution in [0.2, 0.25) is 13.1 Å². The van der Waals surface area contributed by atoms with Gasteiger partial charge in [-0.2, -0.15) is 0 Å². The van der Waals surface area contributed by atoms with Gasteiger partial charge in [-0.1, -0.05) is 64.0 Å². The van der Waals surface area contributed by atoms with E-state index in [1.165, 1.54) is 56.1 Å². The summed E-state index contributed by atoms with van der Waals surface area (Å²) >= 11 is 0. The zero-order valence-electron chi connectivity index (χ0n) is 15.9. The number of unbranched alkanes of at least 4 members (excludes halogenated alkanes) is 7. The summed E-state index contributed by atoms with van der Waals surface area (Å²) in [5.74, 6) is 0.984. The van der Waals surface area contributed by atoms with Crippen LogP contribution in [0.1, 0.15) is 69.4 Å². The van der Waals surface area contributed by atoms with E-state index in [1.807, 2.05) is 0 Å². The fourth-order valence-corrected chi connectivity index (χ4v) is 4.11. The molecule has 0 amide bonds. The molecule has 0 saturated carbocycles. The largest absolute Gasteiger partial charge is 0.520 e. The molecule has 0 aliphatic carbocycles. The Labute approximate surface area is 144 Å². The smallest absolute Gasteiger partial charge is 0.392 e. The van der Waals surface area contributed by atoms with E-state index in [9.17, 15) is 0 Å². The van der Waals surface area contributed by atoms with Crippen LogP contribution in [0.4, 0.5) is 0 Å². The van der Waals surface area contributed by atoms with Crippen molar-refractivity contribution in [2.75, 3.05) is 6.61 Å². The molecule has 0 atom stereocenters. The molecule has 0 heterocycles. The first-order valence-electron chi connectivity index (χ1n) is 9.35.